The van der Waals surface area contributed by atoms with Crippen LogP contribution in [-0.4, -0.2) is 28.2 Å². The van der Waals surface area contributed by atoms with Gasteiger partial charge in [0, 0.05) is 17.8 Å². The molecule has 0 aliphatic heterocycles. The quantitative estimate of drug-likeness (QED) is 0.448. The summed E-state index contributed by atoms with van der Waals surface area (Å²) in [4.78, 5) is 16.3. The summed E-state index contributed by atoms with van der Waals surface area (Å²) in [5.74, 6) is 0.0588. The number of nitrogens with one attached hydrogen (secondary N) is 1. The number of hydrogen-bond acceptors (Lipinski definition) is 6. The van der Waals surface area contributed by atoms with Crippen molar-refractivity contribution in [3.05, 3.63) is 59.6 Å². The summed E-state index contributed by atoms with van der Waals surface area (Å²) in [6.45, 7) is 7.31. The standard InChI is InChI=1S/C24H27F3N4O3/c1-14(2)12-23(4,28)13-33-20-6-5-16(10-18(20)24(25,26)27)17-7-8-29-21(11-17)30-22(32)19-9-15(3)34-31-19/h5-11,14H,12-13,28H2,1-4H3,(H,29,30,32)/t23-/m0/s1. The number of aromatic nitrogens is 2. The molecule has 0 aliphatic carbocycles. The molecule has 10 heteroatoms. The first kappa shape index (κ1) is 25.2. The number of benzene rings is 1. The van der Waals surface area contributed by atoms with Crippen molar-refractivity contribution in [1.29, 1.82) is 0 Å². The zero-order chi connectivity index (χ0) is 25.1. The maximum absolute atomic E-state index is 13.8. The Morgan fingerprint density at radius 2 is 1.88 bits per heavy atom. The van der Waals surface area contributed by atoms with E-state index in [4.69, 9.17) is 15.0 Å². The minimum Gasteiger partial charge on any atom is -0.491 e. The maximum Gasteiger partial charge on any atom is 0.419 e. The maximum atomic E-state index is 13.8. The molecule has 0 saturated heterocycles. The van der Waals surface area contributed by atoms with E-state index in [9.17, 15) is 18.0 Å². The Kier molecular flexibility index (Phi) is 7.30. The number of pyridine rings is 1. The zero-order valence-electron chi connectivity index (χ0n) is 19.4. The van der Waals surface area contributed by atoms with Crippen LogP contribution in [0.1, 0.15) is 49.0 Å². The second kappa shape index (κ2) is 9.84. The summed E-state index contributed by atoms with van der Waals surface area (Å²) in [6.07, 6.45) is -2.64. The van der Waals surface area contributed by atoms with Crippen LogP contribution in [0.5, 0.6) is 5.75 Å². The summed E-state index contributed by atoms with van der Waals surface area (Å²) in [5, 5.41) is 6.19. The lowest BCUT2D eigenvalue weighted by Crippen LogP contribution is -2.43. The fraction of sp³-hybridized carbons (Fsp3) is 0.375. The number of hydrogen-bond donors (Lipinski definition) is 2. The van der Waals surface area contributed by atoms with Crippen molar-refractivity contribution in [2.75, 3.05) is 11.9 Å². The molecule has 34 heavy (non-hydrogen) atoms. The Labute approximate surface area is 195 Å². The highest BCUT2D eigenvalue weighted by Gasteiger charge is 2.35. The number of amides is 1. The van der Waals surface area contributed by atoms with E-state index in [0.717, 1.165) is 6.07 Å². The van der Waals surface area contributed by atoms with Crippen LogP contribution in [0.2, 0.25) is 0 Å². The summed E-state index contributed by atoms with van der Waals surface area (Å²) < 4.78 is 51.8. The number of halogens is 3. The summed E-state index contributed by atoms with van der Waals surface area (Å²) in [5.41, 5.74) is 5.29. The van der Waals surface area contributed by atoms with E-state index in [1.807, 2.05) is 13.8 Å². The van der Waals surface area contributed by atoms with Gasteiger partial charge in [-0.05, 0) is 61.6 Å². The fourth-order valence-electron chi connectivity index (χ4n) is 3.62. The molecule has 3 aromatic rings. The Balaban J connectivity index is 1.84. The van der Waals surface area contributed by atoms with Gasteiger partial charge in [0.25, 0.3) is 5.91 Å². The van der Waals surface area contributed by atoms with Crippen molar-refractivity contribution < 1.29 is 27.2 Å². The molecule has 7 nitrogen and oxygen atoms in total. The molecule has 1 aromatic carbocycles. The van der Waals surface area contributed by atoms with Gasteiger partial charge in [0.2, 0.25) is 0 Å². The van der Waals surface area contributed by atoms with Crippen LogP contribution in [0, 0.1) is 12.8 Å². The number of aryl methyl sites for hydroxylation is 1. The highest BCUT2D eigenvalue weighted by Crippen LogP contribution is 2.39. The van der Waals surface area contributed by atoms with Crippen LogP contribution in [0.25, 0.3) is 11.1 Å². The molecular formula is C24H27F3N4O3. The summed E-state index contributed by atoms with van der Waals surface area (Å²) in [7, 11) is 0. The van der Waals surface area contributed by atoms with Crippen molar-refractivity contribution in [3.8, 4) is 16.9 Å². The SMILES string of the molecule is Cc1cc(C(=O)Nc2cc(-c3ccc(OC[C@@](C)(N)CC(C)C)c(C(F)(F)F)c3)ccn2)no1. The Morgan fingerprint density at radius 1 is 1.18 bits per heavy atom. The number of carbonyl (C=O) groups is 1. The normalized spacial score (nSPS) is 13.6. The lowest BCUT2D eigenvalue weighted by molar-refractivity contribution is -0.139. The lowest BCUT2D eigenvalue weighted by atomic mass is 9.93. The minimum atomic E-state index is -4.64. The first-order valence-electron chi connectivity index (χ1n) is 10.7. The topological polar surface area (TPSA) is 103 Å². The van der Waals surface area contributed by atoms with Crippen molar-refractivity contribution in [3.63, 3.8) is 0 Å². The second-order valence-corrected chi connectivity index (χ2v) is 8.96. The molecule has 0 aliphatic rings. The molecule has 0 bridgehead atoms. The van der Waals surface area contributed by atoms with Crippen LogP contribution < -0.4 is 15.8 Å². The molecule has 3 rings (SSSR count). The summed E-state index contributed by atoms with van der Waals surface area (Å²) >= 11 is 0. The smallest absolute Gasteiger partial charge is 0.419 e. The zero-order valence-corrected chi connectivity index (χ0v) is 19.4. The molecule has 2 aromatic heterocycles. The van der Waals surface area contributed by atoms with Gasteiger partial charge in [-0.3, -0.25) is 4.79 Å². The predicted octanol–water partition coefficient (Wildman–Crippen LogP) is 5.46. The highest BCUT2D eigenvalue weighted by molar-refractivity contribution is 6.02. The van der Waals surface area contributed by atoms with E-state index in [2.05, 4.69) is 15.5 Å². The van der Waals surface area contributed by atoms with E-state index >= 15 is 0 Å². The van der Waals surface area contributed by atoms with E-state index in [1.54, 1.807) is 19.9 Å². The second-order valence-electron chi connectivity index (χ2n) is 8.96. The predicted molar refractivity (Wildman–Crippen MR) is 121 cm³/mol. The molecule has 1 amide bonds. The number of rotatable bonds is 8. The number of alkyl halides is 3. The number of nitrogens with zero attached hydrogens (tertiary/aromatic N) is 2. The first-order valence-corrected chi connectivity index (χ1v) is 10.7. The number of ether oxygens (including phenoxy) is 1. The molecule has 3 N–H and O–H groups in total. The molecular weight excluding hydrogens is 449 g/mol. The van der Waals surface area contributed by atoms with Crippen LogP contribution in [-0.2, 0) is 6.18 Å². The van der Waals surface area contributed by atoms with E-state index in [-0.39, 0.29) is 35.3 Å². The van der Waals surface area contributed by atoms with Gasteiger partial charge in [-0.25, -0.2) is 4.98 Å². The largest absolute Gasteiger partial charge is 0.491 e. The first-order chi connectivity index (χ1) is 15.8. The Morgan fingerprint density at radius 3 is 2.50 bits per heavy atom. The number of carbonyl (C=O) groups excluding carboxylic acids is 1. The van der Waals surface area contributed by atoms with Gasteiger partial charge in [0.05, 0.1) is 5.56 Å². The highest BCUT2D eigenvalue weighted by atomic mass is 19.4. The third-order valence-corrected chi connectivity index (χ3v) is 4.91. The van der Waals surface area contributed by atoms with Crippen LogP contribution in [0.15, 0.2) is 47.1 Å². The van der Waals surface area contributed by atoms with Crippen molar-refractivity contribution in [1.82, 2.24) is 10.1 Å². The van der Waals surface area contributed by atoms with E-state index in [1.165, 1.54) is 30.5 Å². The van der Waals surface area contributed by atoms with Crippen LogP contribution in [0.4, 0.5) is 19.0 Å². The molecule has 0 unspecified atom stereocenters. The van der Waals surface area contributed by atoms with Crippen molar-refractivity contribution in [2.45, 2.75) is 45.8 Å². The average Bonchev–Trinajstić information content (AvgIpc) is 3.17. The van der Waals surface area contributed by atoms with Gasteiger partial charge >= 0.3 is 6.18 Å². The van der Waals surface area contributed by atoms with Gasteiger partial charge < -0.3 is 20.3 Å². The van der Waals surface area contributed by atoms with E-state index in [0.29, 0.717) is 17.7 Å². The van der Waals surface area contributed by atoms with Gasteiger partial charge in [0.1, 0.15) is 23.9 Å². The molecule has 0 fully saturated rings. The van der Waals surface area contributed by atoms with Crippen molar-refractivity contribution >= 4 is 11.7 Å². The molecule has 2 heterocycles. The minimum absolute atomic E-state index is 0.0550. The van der Waals surface area contributed by atoms with Gasteiger partial charge in [0.15, 0.2) is 5.69 Å². The van der Waals surface area contributed by atoms with E-state index < -0.39 is 23.2 Å². The van der Waals surface area contributed by atoms with Crippen molar-refractivity contribution in [2.24, 2.45) is 11.7 Å². The Hall–Kier alpha value is -3.40. The summed E-state index contributed by atoms with van der Waals surface area (Å²) in [6, 6.07) is 8.28. The van der Waals surface area contributed by atoms with Gasteiger partial charge in [-0.15, -0.1) is 0 Å². The third kappa shape index (κ3) is 6.57. The monoisotopic (exact) mass is 476 g/mol. The van der Waals surface area contributed by atoms with Gasteiger partial charge in [-0.2, -0.15) is 13.2 Å². The van der Waals surface area contributed by atoms with Gasteiger partial charge in [-0.1, -0.05) is 25.1 Å². The van der Waals surface area contributed by atoms with Crippen LogP contribution in [0.3, 0.4) is 0 Å². The number of anilines is 1. The molecule has 0 saturated carbocycles. The molecule has 1 atom stereocenters. The lowest BCUT2D eigenvalue weighted by Gasteiger charge is -2.27. The Bertz CT molecular complexity index is 1160. The fourth-order valence-corrected chi connectivity index (χ4v) is 3.62. The van der Waals surface area contributed by atoms with Crippen LogP contribution >= 0.6 is 0 Å². The molecule has 0 spiro atoms. The number of nitrogens with two attached hydrogens (primary N) is 1. The third-order valence-electron chi connectivity index (χ3n) is 4.91. The average molecular weight is 476 g/mol. The molecule has 0 radical (unpaired) electrons. The molecule has 182 valence electrons.